The molecule has 2 saturated carbocycles. The average Bonchev–Trinajstić information content (AvgIpc) is 2.81. The molecule has 0 N–H and O–H groups in total. The van der Waals surface area contributed by atoms with Crippen molar-refractivity contribution >= 4 is 16.1 Å². The summed E-state index contributed by atoms with van der Waals surface area (Å²) in [6.45, 7) is 2.17. The Kier molecular flexibility index (Phi) is 2.77. The smallest absolute Gasteiger partial charge is 0.376 e. The third-order valence-electron chi connectivity index (χ3n) is 4.93. The number of carbonyl (C=O) groups excluding carboxylic acids is 1. The molecule has 114 valence electrons. The maximum atomic E-state index is 12.8. The molecule has 3 fully saturated rings. The third-order valence-corrected chi connectivity index (χ3v) is 6.68. The Morgan fingerprint density at radius 3 is 2.70 bits per heavy atom. The highest BCUT2D eigenvalue weighted by Crippen LogP contribution is 2.64. The molecule has 0 amide bonds. The maximum Gasteiger partial charge on any atom is 0.376 e. The van der Waals surface area contributed by atoms with Gasteiger partial charge in [0.2, 0.25) is 0 Å². The van der Waals surface area contributed by atoms with Gasteiger partial charge in [-0.15, -0.1) is 0 Å². The van der Waals surface area contributed by atoms with Crippen LogP contribution < -0.4 is 0 Å². The van der Waals surface area contributed by atoms with Crippen LogP contribution in [0.2, 0.25) is 0 Å². The molecule has 3 rings (SSSR count). The molecule has 0 spiro atoms. The van der Waals surface area contributed by atoms with Crippen molar-refractivity contribution < 1.29 is 30.9 Å². The number of hydrogen-bond acceptors (Lipinski definition) is 5. The molecule has 1 heterocycles. The molecule has 2 bridgehead atoms. The summed E-state index contributed by atoms with van der Waals surface area (Å²) in [5.41, 5.74) is -0.327. The summed E-state index contributed by atoms with van der Waals surface area (Å²) in [6.07, 6.45) is 0.579. The zero-order chi connectivity index (χ0) is 14.9. The van der Waals surface area contributed by atoms with E-state index >= 15 is 0 Å². The van der Waals surface area contributed by atoms with E-state index in [4.69, 9.17) is 4.18 Å². The van der Waals surface area contributed by atoms with Crippen molar-refractivity contribution in [2.24, 2.45) is 17.3 Å². The molecule has 0 radical (unpaired) electrons. The first kappa shape index (κ1) is 14.2. The van der Waals surface area contributed by atoms with Crippen molar-refractivity contribution in [3.63, 3.8) is 0 Å². The second-order valence-electron chi connectivity index (χ2n) is 6.41. The zero-order valence-electron chi connectivity index (χ0n) is 11.1. The molecule has 3 aliphatic rings. The minimum atomic E-state index is -3.56. The molecule has 8 heteroatoms. The van der Waals surface area contributed by atoms with Crippen LogP contribution in [0.1, 0.15) is 26.7 Å². The monoisotopic (exact) mass is 310 g/mol. The number of hydrogen-bond donors (Lipinski definition) is 0. The third kappa shape index (κ3) is 1.88. The first-order valence-corrected chi connectivity index (χ1v) is 7.99. The Hall–Kier alpha value is -0.760. The summed E-state index contributed by atoms with van der Waals surface area (Å²) in [6, 6.07) is 0. The van der Waals surface area contributed by atoms with Gasteiger partial charge in [-0.2, -0.15) is 17.2 Å². The molecule has 5 nitrogen and oxygen atoms in total. The predicted molar refractivity (Wildman–Crippen MR) is 63.5 cm³/mol. The molecule has 5 unspecified atom stereocenters. The SMILES string of the molecule is CC(F)(F)C(=O)OCC1C2OS(=O)(=O)C3CC1(C)CC23. The molecular weight excluding hydrogens is 294 g/mol. The first-order valence-electron chi connectivity index (χ1n) is 6.52. The van der Waals surface area contributed by atoms with E-state index in [1.807, 2.05) is 6.92 Å². The van der Waals surface area contributed by atoms with Gasteiger partial charge in [-0.3, -0.25) is 4.18 Å². The molecule has 20 heavy (non-hydrogen) atoms. The Labute approximate surface area is 115 Å². The second kappa shape index (κ2) is 3.91. The van der Waals surface area contributed by atoms with Crippen LogP contribution in [0.5, 0.6) is 0 Å². The van der Waals surface area contributed by atoms with E-state index in [1.165, 1.54) is 0 Å². The lowest BCUT2D eigenvalue weighted by atomic mass is 9.75. The molecule has 1 saturated heterocycles. The van der Waals surface area contributed by atoms with Gasteiger partial charge in [0, 0.05) is 18.8 Å². The highest BCUT2D eigenvalue weighted by Gasteiger charge is 2.68. The van der Waals surface area contributed by atoms with Gasteiger partial charge < -0.3 is 4.74 Å². The van der Waals surface area contributed by atoms with Gasteiger partial charge in [0.1, 0.15) is 0 Å². The Morgan fingerprint density at radius 1 is 1.45 bits per heavy atom. The van der Waals surface area contributed by atoms with Crippen molar-refractivity contribution in [3.05, 3.63) is 0 Å². The Balaban J connectivity index is 1.75. The van der Waals surface area contributed by atoms with Crippen LogP contribution in [0.3, 0.4) is 0 Å². The lowest BCUT2D eigenvalue weighted by molar-refractivity contribution is -0.172. The van der Waals surface area contributed by atoms with Gasteiger partial charge in [0.15, 0.2) is 0 Å². The fourth-order valence-corrected chi connectivity index (χ4v) is 5.95. The first-order chi connectivity index (χ1) is 9.05. The van der Waals surface area contributed by atoms with E-state index in [0.29, 0.717) is 19.8 Å². The van der Waals surface area contributed by atoms with Crippen molar-refractivity contribution in [1.82, 2.24) is 0 Å². The second-order valence-corrected chi connectivity index (χ2v) is 8.20. The predicted octanol–water partition coefficient (Wildman–Crippen LogP) is 1.33. The van der Waals surface area contributed by atoms with Crippen LogP contribution in [0.25, 0.3) is 0 Å². The quantitative estimate of drug-likeness (QED) is 0.581. The van der Waals surface area contributed by atoms with Gasteiger partial charge in [-0.1, -0.05) is 6.92 Å². The van der Waals surface area contributed by atoms with Crippen LogP contribution in [-0.4, -0.2) is 38.3 Å². The summed E-state index contributed by atoms with van der Waals surface area (Å²) in [7, 11) is -3.56. The number of esters is 1. The van der Waals surface area contributed by atoms with Gasteiger partial charge in [0.25, 0.3) is 10.1 Å². The molecule has 0 aromatic rings. The van der Waals surface area contributed by atoms with E-state index in [9.17, 15) is 22.0 Å². The fraction of sp³-hybridized carbons (Fsp3) is 0.917. The largest absolute Gasteiger partial charge is 0.461 e. The standard InChI is InChI=1S/C12H16F2O5S/c1-11-3-6-8(4-11)20(16,17)19-9(6)7(11)5-18-10(15)12(2,13)14/h6-9H,3-5H2,1-2H3. The van der Waals surface area contributed by atoms with E-state index < -0.39 is 33.4 Å². The van der Waals surface area contributed by atoms with Crippen LogP contribution >= 0.6 is 0 Å². The van der Waals surface area contributed by atoms with Crippen LogP contribution in [0, 0.1) is 17.3 Å². The van der Waals surface area contributed by atoms with Crippen LogP contribution in [-0.2, 0) is 23.8 Å². The summed E-state index contributed by atoms with van der Waals surface area (Å²) in [5, 5.41) is -0.489. The van der Waals surface area contributed by atoms with Crippen LogP contribution in [0.4, 0.5) is 8.78 Å². The lowest BCUT2D eigenvalue weighted by Gasteiger charge is -2.32. The maximum absolute atomic E-state index is 12.8. The number of ether oxygens (including phenoxy) is 1. The molecule has 1 aliphatic heterocycles. The average molecular weight is 310 g/mol. The number of carbonyl (C=O) groups is 1. The van der Waals surface area contributed by atoms with Crippen molar-refractivity contribution in [1.29, 1.82) is 0 Å². The highest BCUT2D eigenvalue weighted by atomic mass is 32.2. The van der Waals surface area contributed by atoms with E-state index in [0.717, 1.165) is 0 Å². The van der Waals surface area contributed by atoms with Gasteiger partial charge >= 0.3 is 11.9 Å². The van der Waals surface area contributed by atoms with Crippen LogP contribution in [0.15, 0.2) is 0 Å². The minimum absolute atomic E-state index is 0.101. The van der Waals surface area contributed by atoms with Crippen molar-refractivity contribution in [2.75, 3.05) is 6.61 Å². The number of fused-ring (bicyclic) bond motifs is 1. The van der Waals surface area contributed by atoms with Gasteiger partial charge in [0.05, 0.1) is 18.0 Å². The number of rotatable bonds is 3. The summed E-state index contributed by atoms with van der Waals surface area (Å²) in [4.78, 5) is 11.1. The topological polar surface area (TPSA) is 69.7 Å². The van der Waals surface area contributed by atoms with E-state index in [-0.39, 0.29) is 23.9 Å². The number of alkyl halides is 2. The van der Waals surface area contributed by atoms with Crippen molar-refractivity contribution in [3.8, 4) is 0 Å². The summed E-state index contributed by atoms with van der Waals surface area (Å²) in [5.74, 6) is -5.56. The lowest BCUT2D eigenvalue weighted by Crippen LogP contribution is -2.39. The van der Waals surface area contributed by atoms with E-state index in [1.54, 1.807) is 0 Å². The van der Waals surface area contributed by atoms with Gasteiger partial charge in [-0.05, 0) is 18.3 Å². The van der Waals surface area contributed by atoms with Gasteiger partial charge in [-0.25, -0.2) is 4.79 Å². The normalized spacial score (nSPS) is 44.8. The molecule has 2 aliphatic carbocycles. The minimum Gasteiger partial charge on any atom is -0.461 e. The Bertz CT molecular complexity index is 555. The Morgan fingerprint density at radius 2 is 2.10 bits per heavy atom. The summed E-state index contributed by atoms with van der Waals surface area (Å²) >= 11 is 0. The molecule has 0 aromatic carbocycles. The summed E-state index contributed by atoms with van der Waals surface area (Å²) < 4.78 is 59.0. The van der Waals surface area contributed by atoms with E-state index in [2.05, 4.69) is 4.74 Å². The molecule has 0 aromatic heterocycles. The number of halogens is 2. The van der Waals surface area contributed by atoms with Crippen molar-refractivity contribution in [2.45, 2.75) is 44.0 Å². The molecule has 5 atom stereocenters. The highest BCUT2D eigenvalue weighted by molar-refractivity contribution is 7.87. The fourth-order valence-electron chi connectivity index (χ4n) is 3.96. The zero-order valence-corrected chi connectivity index (χ0v) is 12.0. The molecular formula is C12H16F2O5S.